The minimum atomic E-state index is -0.200. The van der Waals surface area contributed by atoms with Crippen LogP contribution < -0.4 is 15.8 Å². The quantitative estimate of drug-likeness (QED) is 0.727. The number of hydrogen-bond donors (Lipinski definition) is 2. The Balaban J connectivity index is 1.80. The van der Waals surface area contributed by atoms with Crippen LogP contribution in [0, 0.1) is 5.92 Å². The Kier molecular flexibility index (Phi) is 6.99. The predicted octanol–water partition coefficient (Wildman–Crippen LogP) is 1.27. The standard InChI is InChI=1S/C17H25N3O4/c1-2-23-17(22)12-3-6-14(7-4-12)24-15-8-5-13(11-20-15)16(21)19-10-9-18/h5,8,11-12,14H,2-4,6-7,9-10,18H2,1H3,(H,19,21)/t12-,14+. The molecule has 1 aromatic heterocycles. The maximum absolute atomic E-state index is 11.8. The Labute approximate surface area is 141 Å². The first-order chi connectivity index (χ1) is 11.6. The van der Waals surface area contributed by atoms with Crippen LogP contribution in [0.1, 0.15) is 43.0 Å². The maximum atomic E-state index is 11.8. The SMILES string of the molecule is CCOC(=O)[C@H]1CC[C@@H](Oc2ccc(C(=O)NCCN)cn2)CC1. The van der Waals surface area contributed by atoms with Crippen LogP contribution in [0.3, 0.4) is 0 Å². The number of nitrogens with one attached hydrogen (secondary N) is 1. The lowest BCUT2D eigenvalue weighted by Gasteiger charge is -2.27. The monoisotopic (exact) mass is 335 g/mol. The molecule has 0 aromatic carbocycles. The molecule has 1 aromatic rings. The van der Waals surface area contributed by atoms with Crippen LogP contribution in [0.2, 0.25) is 0 Å². The van der Waals surface area contributed by atoms with Gasteiger partial charge in [-0.3, -0.25) is 9.59 Å². The van der Waals surface area contributed by atoms with E-state index in [1.807, 2.05) is 6.92 Å². The summed E-state index contributed by atoms with van der Waals surface area (Å²) in [5.41, 5.74) is 5.82. The highest BCUT2D eigenvalue weighted by Crippen LogP contribution is 2.28. The van der Waals surface area contributed by atoms with E-state index in [1.54, 1.807) is 12.1 Å². The van der Waals surface area contributed by atoms with Crippen molar-refractivity contribution in [2.24, 2.45) is 11.7 Å². The van der Waals surface area contributed by atoms with E-state index < -0.39 is 0 Å². The number of rotatable bonds is 7. The third-order valence-corrected chi connectivity index (χ3v) is 4.01. The van der Waals surface area contributed by atoms with Crippen molar-refractivity contribution in [2.45, 2.75) is 38.7 Å². The molecule has 0 aliphatic heterocycles. The summed E-state index contributed by atoms with van der Waals surface area (Å²) < 4.78 is 10.9. The highest BCUT2D eigenvalue weighted by atomic mass is 16.5. The van der Waals surface area contributed by atoms with Gasteiger partial charge in [0.15, 0.2) is 0 Å². The molecular weight excluding hydrogens is 310 g/mol. The highest BCUT2D eigenvalue weighted by molar-refractivity contribution is 5.93. The third-order valence-electron chi connectivity index (χ3n) is 4.01. The first kappa shape index (κ1) is 18.2. The number of amides is 1. The van der Waals surface area contributed by atoms with Gasteiger partial charge in [0.2, 0.25) is 5.88 Å². The summed E-state index contributed by atoms with van der Waals surface area (Å²) in [5.74, 6) is 0.160. The zero-order valence-corrected chi connectivity index (χ0v) is 14.0. The fraction of sp³-hybridized carbons (Fsp3) is 0.588. The topological polar surface area (TPSA) is 104 Å². The molecule has 7 heteroatoms. The number of nitrogens with two attached hydrogens (primary N) is 1. The number of esters is 1. The molecule has 24 heavy (non-hydrogen) atoms. The summed E-state index contributed by atoms with van der Waals surface area (Å²) in [6.45, 7) is 3.07. The lowest BCUT2D eigenvalue weighted by atomic mass is 9.87. The minimum Gasteiger partial charge on any atom is -0.474 e. The second-order valence-corrected chi connectivity index (χ2v) is 5.77. The van der Waals surface area contributed by atoms with Gasteiger partial charge in [-0.2, -0.15) is 0 Å². The van der Waals surface area contributed by atoms with Crippen LogP contribution in [0.25, 0.3) is 0 Å². The molecule has 0 radical (unpaired) electrons. The number of pyridine rings is 1. The van der Waals surface area contributed by atoms with E-state index in [0.29, 0.717) is 31.1 Å². The summed E-state index contributed by atoms with van der Waals surface area (Å²) in [6, 6.07) is 3.37. The smallest absolute Gasteiger partial charge is 0.308 e. The Morgan fingerprint density at radius 2 is 2.04 bits per heavy atom. The van der Waals surface area contributed by atoms with Gasteiger partial charge in [0.25, 0.3) is 5.91 Å². The van der Waals surface area contributed by atoms with E-state index in [0.717, 1.165) is 25.7 Å². The van der Waals surface area contributed by atoms with Crippen LogP contribution in [0.5, 0.6) is 5.88 Å². The Bertz CT molecular complexity index is 539. The number of ether oxygens (including phenoxy) is 2. The van der Waals surface area contributed by atoms with Gasteiger partial charge in [0, 0.05) is 25.4 Å². The summed E-state index contributed by atoms with van der Waals surface area (Å²) >= 11 is 0. The highest BCUT2D eigenvalue weighted by Gasteiger charge is 2.28. The number of carbonyl (C=O) groups is 2. The second-order valence-electron chi connectivity index (χ2n) is 5.77. The normalized spacial score (nSPS) is 20.2. The molecule has 1 aliphatic carbocycles. The van der Waals surface area contributed by atoms with Crippen molar-refractivity contribution in [3.8, 4) is 5.88 Å². The molecule has 1 heterocycles. The molecule has 7 nitrogen and oxygen atoms in total. The third kappa shape index (κ3) is 5.19. The fourth-order valence-corrected chi connectivity index (χ4v) is 2.72. The summed E-state index contributed by atoms with van der Waals surface area (Å²) in [5, 5.41) is 2.69. The molecule has 132 valence electrons. The van der Waals surface area contributed by atoms with E-state index in [1.165, 1.54) is 6.20 Å². The maximum Gasteiger partial charge on any atom is 0.308 e. The Morgan fingerprint density at radius 3 is 2.62 bits per heavy atom. The molecule has 0 saturated heterocycles. The van der Waals surface area contributed by atoms with Crippen LogP contribution in [0.15, 0.2) is 18.3 Å². The largest absolute Gasteiger partial charge is 0.474 e. The summed E-state index contributed by atoms with van der Waals surface area (Å²) in [6.07, 6.45) is 4.66. The van der Waals surface area contributed by atoms with Crippen LogP contribution in [-0.4, -0.2) is 42.7 Å². The first-order valence-corrected chi connectivity index (χ1v) is 8.41. The molecule has 2 rings (SSSR count). The van der Waals surface area contributed by atoms with Crippen molar-refractivity contribution in [3.63, 3.8) is 0 Å². The molecule has 1 aliphatic rings. The zero-order valence-electron chi connectivity index (χ0n) is 14.0. The number of nitrogens with zero attached hydrogens (tertiary/aromatic N) is 1. The lowest BCUT2D eigenvalue weighted by Crippen LogP contribution is -2.29. The molecule has 0 bridgehead atoms. The number of carbonyl (C=O) groups excluding carboxylic acids is 2. The van der Waals surface area contributed by atoms with Gasteiger partial charge in [-0.05, 0) is 38.7 Å². The van der Waals surface area contributed by atoms with Crippen molar-refractivity contribution < 1.29 is 19.1 Å². The molecule has 0 spiro atoms. The summed E-state index contributed by atoms with van der Waals surface area (Å²) in [7, 11) is 0. The molecule has 0 atom stereocenters. The van der Waals surface area contributed by atoms with Gasteiger partial charge in [-0.15, -0.1) is 0 Å². The van der Waals surface area contributed by atoms with Gasteiger partial charge in [0.05, 0.1) is 18.1 Å². The van der Waals surface area contributed by atoms with Crippen LogP contribution >= 0.6 is 0 Å². The van der Waals surface area contributed by atoms with Crippen LogP contribution in [0.4, 0.5) is 0 Å². The van der Waals surface area contributed by atoms with Crippen molar-refractivity contribution >= 4 is 11.9 Å². The van der Waals surface area contributed by atoms with Crippen molar-refractivity contribution in [2.75, 3.05) is 19.7 Å². The van der Waals surface area contributed by atoms with Gasteiger partial charge in [0.1, 0.15) is 6.10 Å². The van der Waals surface area contributed by atoms with E-state index in [2.05, 4.69) is 10.3 Å². The predicted molar refractivity (Wildman–Crippen MR) is 88.6 cm³/mol. The number of aromatic nitrogens is 1. The van der Waals surface area contributed by atoms with Gasteiger partial charge >= 0.3 is 5.97 Å². The zero-order chi connectivity index (χ0) is 17.4. The van der Waals surface area contributed by atoms with Crippen LogP contribution in [-0.2, 0) is 9.53 Å². The molecule has 0 unspecified atom stereocenters. The minimum absolute atomic E-state index is 0.0219. The molecule has 1 saturated carbocycles. The van der Waals surface area contributed by atoms with Gasteiger partial charge in [-0.25, -0.2) is 4.98 Å². The van der Waals surface area contributed by atoms with Gasteiger partial charge in [-0.1, -0.05) is 0 Å². The lowest BCUT2D eigenvalue weighted by molar-refractivity contribution is -0.149. The van der Waals surface area contributed by atoms with Crippen molar-refractivity contribution in [1.82, 2.24) is 10.3 Å². The van der Waals surface area contributed by atoms with E-state index in [-0.39, 0.29) is 23.9 Å². The average Bonchev–Trinajstić information content (AvgIpc) is 2.61. The first-order valence-electron chi connectivity index (χ1n) is 8.41. The molecule has 1 amide bonds. The fourth-order valence-electron chi connectivity index (χ4n) is 2.72. The van der Waals surface area contributed by atoms with Gasteiger partial charge < -0.3 is 20.5 Å². The van der Waals surface area contributed by atoms with E-state index in [9.17, 15) is 9.59 Å². The molecule has 3 N–H and O–H groups in total. The van der Waals surface area contributed by atoms with Crippen molar-refractivity contribution in [3.05, 3.63) is 23.9 Å². The summed E-state index contributed by atoms with van der Waals surface area (Å²) in [4.78, 5) is 27.7. The second kappa shape index (κ2) is 9.22. The Morgan fingerprint density at radius 1 is 1.29 bits per heavy atom. The number of hydrogen-bond acceptors (Lipinski definition) is 6. The molecule has 1 fully saturated rings. The van der Waals surface area contributed by atoms with E-state index in [4.69, 9.17) is 15.2 Å². The molecular formula is C17H25N3O4. The Hall–Kier alpha value is -2.15. The van der Waals surface area contributed by atoms with E-state index >= 15 is 0 Å². The van der Waals surface area contributed by atoms with Crippen molar-refractivity contribution in [1.29, 1.82) is 0 Å². The average molecular weight is 335 g/mol.